The quantitative estimate of drug-likeness (QED) is 0.903. The van der Waals surface area contributed by atoms with Crippen molar-refractivity contribution in [3.05, 3.63) is 29.3 Å². The first-order valence-electron chi connectivity index (χ1n) is 6.42. The second-order valence-corrected chi connectivity index (χ2v) is 5.01. The van der Waals surface area contributed by atoms with Crippen molar-refractivity contribution < 1.29 is 18.0 Å². The summed E-state index contributed by atoms with van der Waals surface area (Å²) in [4.78, 5) is 14.5. The van der Waals surface area contributed by atoms with E-state index in [0.717, 1.165) is 6.07 Å². The number of nitrogens with one attached hydrogen (secondary N) is 1. The maximum Gasteiger partial charge on any atom is 0.416 e. The van der Waals surface area contributed by atoms with Crippen LogP contribution in [0.15, 0.2) is 18.2 Å². The minimum atomic E-state index is -4.42. The smallest absolute Gasteiger partial charge is 0.365 e. The number of rotatable bonds is 5. The average molecular weight is 303 g/mol. The Morgan fingerprint density at radius 1 is 1.24 bits per heavy atom. The van der Waals surface area contributed by atoms with Crippen LogP contribution in [0.2, 0.25) is 0 Å². The number of amides is 1. The van der Waals surface area contributed by atoms with Gasteiger partial charge in [-0.15, -0.1) is 0 Å². The van der Waals surface area contributed by atoms with Gasteiger partial charge in [-0.2, -0.15) is 13.2 Å². The van der Waals surface area contributed by atoms with Gasteiger partial charge < -0.3 is 15.1 Å². The summed E-state index contributed by atoms with van der Waals surface area (Å²) in [6.07, 6.45) is -4.42. The predicted octanol–water partition coefficient (Wildman–Crippen LogP) is 1.95. The van der Waals surface area contributed by atoms with E-state index in [1.807, 2.05) is 0 Å². The minimum absolute atomic E-state index is 0.0235. The zero-order valence-corrected chi connectivity index (χ0v) is 12.6. The van der Waals surface area contributed by atoms with E-state index in [1.54, 1.807) is 34.3 Å². The van der Waals surface area contributed by atoms with Crippen molar-refractivity contribution in [3.8, 4) is 0 Å². The van der Waals surface area contributed by atoms with Gasteiger partial charge in [0.1, 0.15) is 0 Å². The van der Waals surface area contributed by atoms with Crippen molar-refractivity contribution in [2.24, 2.45) is 0 Å². The summed E-state index contributed by atoms with van der Waals surface area (Å²) < 4.78 is 39.3. The molecule has 0 saturated carbocycles. The number of halogens is 3. The van der Waals surface area contributed by atoms with E-state index in [4.69, 9.17) is 0 Å². The van der Waals surface area contributed by atoms with Gasteiger partial charge in [0.15, 0.2) is 0 Å². The third-order valence-electron chi connectivity index (χ3n) is 3.08. The molecule has 0 aliphatic rings. The molecule has 0 radical (unpaired) electrons. The maximum atomic E-state index is 13.1. The molecule has 0 unspecified atom stereocenters. The summed E-state index contributed by atoms with van der Waals surface area (Å²) in [7, 11) is 6.39. The summed E-state index contributed by atoms with van der Waals surface area (Å²) in [6.45, 7) is 0.158. The van der Waals surface area contributed by atoms with E-state index in [2.05, 4.69) is 5.32 Å². The number of likely N-dealkylation sites (N-methyl/N-ethyl adjacent to an activating group) is 2. The van der Waals surface area contributed by atoms with Gasteiger partial charge in [-0.1, -0.05) is 6.07 Å². The molecule has 118 valence electrons. The van der Waals surface area contributed by atoms with Crippen molar-refractivity contribution in [2.75, 3.05) is 39.6 Å². The fourth-order valence-corrected chi connectivity index (χ4v) is 1.85. The molecule has 0 aromatic heterocycles. The fraction of sp³-hybridized carbons (Fsp3) is 0.500. The average Bonchev–Trinajstić information content (AvgIpc) is 2.37. The molecule has 0 aliphatic carbocycles. The van der Waals surface area contributed by atoms with Gasteiger partial charge in [0.2, 0.25) is 5.91 Å². The van der Waals surface area contributed by atoms with E-state index in [9.17, 15) is 18.0 Å². The monoisotopic (exact) mass is 303 g/mol. The molecule has 1 aromatic carbocycles. The lowest BCUT2D eigenvalue weighted by Crippen LogP contribution is -2.34. The van der Waals surface area contributed by atoms with Gasteiger partial charge in [0.25, 0.3) is 0 Å². The van der Waals surface area contributed by atoms with Gasteiger partial charge >= 0.3 is 6.18 Å². The van der Waals surface area contributed by atoms with Gasteiger partial charge in [0, 0.05) is 33.4 Å². The molecule has 1 N–H and O–H groups in total. The third kappa shape index (κ3) is 4.63. The topological polar surface area (TPSA) is 35.6 Å². The number of alkyl halides is 3. The van der Waals surface area contributed by atoms with E-state index >= 15 is 0 Å². The molecule has 21 heavy (non-hydrogen) atoms. The summed E-state index contributed by atoms with van der Waals surface area (Å²) in [5.41, 5.74) is -0.142. The lowest BCUT2D eigenvalue weighted by molar-refractivity contribution is -0.138. The lowest BCUT2D eigenvalue weighted by atomic mass is 10.1. The van der Waals surface area contributed by atoms with Crippen molar-refractivity contribution in [3.63, 3.8) is 0 Å². The third-order valence-corrected chi connectivity index (χ3v) is 3.08. The van der Waals surface area contributed by atoms with Gasteiger partial charge in [-0.3, -0.25) is 4.79 Å². The molecule has 1 aromatic rings. The molecule has 0 bridgehead atoms. The molecule has 4 nitrogen and oxygen atoms in total. The molecule has 1 amide bonds. The molecule has 0 atom stereocenters. The normalized spacial score (nSPS) is 11.4. The van der Waals surface area contributed by atoms with Crippen LogP contribution in [0, 0.1) is 0 Å². The van der Waals surface area contributed by atoms with Crippen LogP contribution in [0.25, 0.3) is 0 Å². The molecule has 7 heteroatoms. The highest BCUT2D eigenvalue weighted by molar-refractivity contribution is 5.80. The first-order chi connectivity index (χ1) is 9.66. The lowest BCUT2D eigenvalue weighted by Gasteiger charge is -2.23. The Hall–Kier alpha value is -1.76. The molecule has 0 spiro atoms. The van der Waals surface area contributed by atoms with Crippen LogP contribution in [-0.2, 0) is 17.5 Å². The number of nitrogens with zero attached hydrogens (tertiary/aromatic N) is 2. The van der Waals surface area contributed by atoms with Gasteiger partial charge in [-0.25, -0.2) is 0 Å². The van der Waals surface area contributed by atoms with Crippen LogP contribution in [0.4, 0.5) is 18.9 Å². The Balaban J connectivity index is 3.07. The molecule has 0 fully saturated rings. The number of benzene rings is 1. The second-order valence-electron chi connectivity index (χ2n) is 5.01. The van der Waals surface area contributed by atoms with Crippen LogP contribution in [0.1, 0.15) is 11.1 Å². The van der Waals surface area contributed by atoms with E-state index in [1.165, 1.54) is 15.9 Å². The van der Waals surface area contributed by atoms with E-state index < -0.39 is 11.7 Å². The Morgan fingerprint density at radius 2 is 1.86 bits per heavy atom. The van der Waals surface area contributed by atoms with E-state index in [0.29, 0.717) is 5.69 Å². The van der Waals surface area contributed by atoms with Crippen LogP contribution < -0.4 is 10.2 Å². The molecule has 0 aliphatic heterocycles. The Kier molecular flexibility index (Phi) is 5.60. The second kappa shape index (κ2) is 6.80. The summed E-state index contributed by atoms with van der Waals surface area (Å²) in [5, 5.41) is 2.72. The van der Waals surface area contributed by atoms with Crippen LogP contribution in [0.5, 0.6) is 0 Å². The molecular formula is C14H20F3N3O. The Labute approximate surface area is 122 Å². The van der Waals surface area contributed by atoms with Crippen LogP contribution >= 0.6 is 0 Å². The summed E-state index contributed by atoms with van der Waals surface area (Å²) in [6, 6.07) is 4.10. The Morgan fingerprint density at radius 3 is 2.33 bits per heavy atom. The zero-order valence-electron chi connectivity index (χ0n) is 12.6. The first kappa shape index (κ1) is 17.3. The summed E-state index contributed by atoms with van der Waals surface area (Å²) >= 11 is 0. The Bertz CT molecular complexity index is 501. The van der Waals surface area contributed by atoms with Crippen LogP contribution in [0.3, 0.4) is 0 Å². The van der Waals surface area contributed by atoms with Gasteiger partial charge in [-0.05, 0) is 24.7 Å². The zero-order chi connectivity index (χ0) is 16.2. The van der Waals surface area contributed by atoms with Gasteiger partial charge in [0.05, 0.1) is 12.1 Å². The van der Waals surface area contributed by atoms with Crippen molar-refractivity contribution in [1.29, 1.82) is 0 Å². The number of hydrogen-bond acceptors (Lipinski definition) is 3. The number of anilines is 1. The standard InChI is InChI=1S/C14H20F3N3O/c1-18-8-10-5-6-11(7-12(10)14(15,16)17)20(4)9-13(21)19(2)3/h5-7,18H,8-9H2,1-4H3. The number of carbonyl (C=O) groups is 1. The van der Waals surface area contributed by atoms with E-state index in [-0.39, 0.29) is 24.6 Å². The summed E-state index contributed by atoms with van der Waals surface area (Å²) in [5.74, 6) is -0.176. The minimum Gasteiger partial charge on any atom is -0.365 e. The predicted molar refractivity (Wildman–Crippen MR) is 76.2 cm³/mol. The molecule has 0 heterocycles. The maximum absolute atomic E-state index is 13.1. The fourth-order valence-electron chi connectivity index (χ4n) is 1.85. The number of carbonyl (C=O) groups excluding carboxylic acids is 1. The molecule has 0 saturated heterocycles. The highest BCUT2D eigenvalue weighted by atomic mass is 19.4. The van der Waals surface area contributed by atoms with Crippen molar-refractivity contribution in [2.45, 2.75) is 12.7 Å². The number of hydrogen-bond donors (Lipinski definition) is 1. The van der Waals surface area contributed by atoms with Crippen LogP contribution in [-0.4, -0.2) is 45.5 Å². The largest absolute Gasteiger partial charge is 0.416 e. The van der Waals surface area contributed by atoms with Crippen molar-refractivity contribution >= 4 is 11.6 Å². The molecule has 1 rings (SSSR count). The highest BCUT2D eigenvalue weighted by Gasteiger charge is 2.33. The first-order valence-corrected chi connectivity index (χ1v) is 6.42. The SMILES string of the molecule is CNCc1ccc(N(C)CC(=O)N(C)C)cc1C(F)(F)F. The molecular weight excluding hydrogens is 283 g/mol. The van der Waals surface area contributed by atoms with Crippen molar-refractivity contribution in [1.82, 2.24) is 10.2 Å². The highest BCUT2D eigenvalue weighted by Crippen LogP contribution is 2.34.